The maximum absolute atomic E-state index is 13.2. The molecule has 1 amide bonds. The Morgan fingerprint density at radius 1 is 1.23 bits per heavy atom. The van der Waals surface area contributed by atoms with Crippen LogP contribution in [0, 0.1) is 12.7 Å². The highest BCUT2D eigenvalue weighted by Gasteiger charge is 2.34. The molecule has 0 unspecified atom stereocenters. The highest BCUT2D eigenvalue weighted by Crippen LogP contribution is 2.45. The van der Waals surface area contributed by atoms with E-state index in [0.717, 1.165) is 18.5 Å². The third-order valence-corrected chi connectivity index (χ3v) is 5.74. The first-order valence-corrected chi connectivity index (χ1v) is 10.3. The zero-order valence-corrected chi connectivity index (χ0v) is 17.9. The molecule has 164 valence electrons. The van der Waals surface area contributed by atoms with E-state index in [1.165, 1.54) is 16.8 Å². The van der Waals surface area contributed by atoms with Crippen LogP contribution < -0.4 is 5.32 Å². The number of anilines is 1. The first-order chi connectivity index (χ1) is 14.7. The van der Waals surface area contributed by atoms with E-state index in [1.807, 2.05) is 0 Å². The molecule has 0 aliphatic heterocycles. The first kappa shape index (κ1) is 21.7. The van der Waals surface area contributed by atoms with Gasteiger partial charge in [0.1, 0.15) is 18.1 Å². The van der Waals surface area contributed by atoms with Crippen LogP contribution in [-0.4, -0.2) is 25.5 Å². The second-order valence-corrected chi connectivity index (χ2v) is 8.21. The van der Waals surface area contributed by atoms with E-state index in [-0.39, 0.29) is 22.5 Å². The molecule has 1 aliphatic rings. The van der Waals surface area contributed by atoms with Crippen molar-refractivity contribution in [1.29, 1.82) is 0 Å². The second kappa shape index (κ2) is 8.55. The van der Waals surface area contributed by atoms with Gasteiger partial charge < -0.3 is 5.32 Å². The molecule has 2 aromatic heterocycles. The highest BCUT2D eigenvalue weighted by atomic mass is 35.5. The van der Waals surface area contributed by atoms with Crippen molar-refractivity contribution < 1.29 is 18.0 Å². The predicted molar refractivity (Wildman–Crippen MR) is 110 cm³/mol. The maximum atomic E-state index is 13.2. The summed E-state index contributed by atoms with van der Waals surface area (Å²) in [5.74, 6) is -0.562. The summed E-state index contributed by atoms with van der Waals surface area (Å²) < 4.78 is 42.4. The lowest BCUT2D eigenvalue weighted by atomic mass is 10.2. The molecule has 11 heteroatoms. The fourth-order valence-corrected chi connectivity index (χ4v) is 3.94. The summed E-state index contributed by atoms with van der Waals surface area (Å²) in [6.45, 7) is 1.83. The number of rotatable bonds is 7. The summed E-state index contributed by atoms with van der Waals surface area (Å²) in [6, 6.07) is 5.76. The SMILES string of the molecule is Cc1cc(NC(=O)Cn2nc(C(F)F)c(Cl)c2C2CC2)nn1Cc1ccc(F)cc1Cl. The second-order valence-electron chi connectivity index (χ2n) is 7.43. The fourth-order valence-electron chi connectivity index (χ4n) is 3.34. The summed E-state index contributed by atoms with van der Waals surface area (Å²) in [5.41, 5.74) is 1.39. The molecule has 0 bridgehead atoms. The van der Waals surface area contributed by atoms with Gasteiger partial charge in [0.15, 0.2) is 5.82 Å². The maximum Gasteiger partial charge on any atom is 0.283 e. The van der Waals surface area contributed by atoms with Crippen LogP contribution >= 0.6 is 23.2 Å². The number of carbonyl (C=O) groups excluding carboxylic acids is 1. The lowest BCUT2D eigenvalue weighted by Crippen LogP contribution is -2.21. The minimum atomic E-state index is -2.81. The monoisotopic (exact) mass is 471 g/mol. The average molecular weight is 472 g/mol. The van der Waals surface area contributed by atoms with E-state index in [0.29, 0.717) is 23.6 Å². The third kappa shape index (κ3) is 4.72. The van der Waals surface area contributed by atoms with Gasteiger partial charge in [-0.05, 0) is 37.5 Å². The standard InChI is InChI=1S/C20H18Cl2F3N5O/c1-10-6-15(27-29(10)8-12-4-5-13(23)7-14(12)21)26-16(31)9-30-19(11-2-3-11)17(22)18(28-30)20(24)25/h4-7,11,20H,2-3,8-9H2,1H3,(H,26,27,31). The zero-order chi connectivity index (χ0) is 22.3. The number of amides is 1. The van der Waals surface area contributed by atoms with Gasteiger partial charge in [0, 0.05) is 22.7 Å². The molecule has 1 N–H and O–H groups in total. The largest absolute Gasteiger partial charge is 0.308 e. The Morgan fingerprint density at radius 3 is 2.61 bits per heavy atom. The van der Waals surface area contributed by atoms with Crippen LogP contribution in [0.25, 0.3) is 0 Å². The van der Waals surface area contributed by atoms with Crippen molar-refractivity contribution in [3.8, 4) is 0 Å². The van der Waals surface area contributed by atoms with Crippen LogP contribution in [-0.2, 0) is 17.9 Å². The molecule has 0 atom stereocenters. The van der Waals surface area contributed by atoms with Crippen molar-refractivity contribution in [3.63, 3.8) is 0 Å². The van der Waals surface area contributed by atoms with E-state index in [2.05, 4.69) is 15.5 Å². The fraction of sp³-hybridized carbons (Fsp3) is 0.350. The van der Waals surface area contributed by atoms with E-state index in [9.17, 15) is 18.0 Å². The number of hydrogen-bond acceptors (Lipinski definition) is 3. The molecule has 4 rings (SSSR count). The normalized spacial score (nSPS) is 13.8. The van der Waals surface area contributed by atoms with Crippen LogP contribution in [0.15, 0.2) is 24.3 Å². The van der Waals surface area contributed by atoms with E-state index < -0.39 is 23.8 Å². The zero-order valence-electron chi connectivity index (χ0n) is 16.4. The number of aryl methyl sites for hydroxylation is 1. The van der Waals surface area contributed by atoms with Gasteiger partial charge in [0.2, 0.25) is 5.91 Å². The number of benzene rings is 1. The Bertz CT molecular complexity index is 1140. The molecule has 6 nitrogen and oxygen atoms in total. The summed E-state index contributed by atoms with van der Waals surface area (Å²) >= 11 is 12.2. The summed E-state index contributed by atoms with van der Waals surface area (Å²) in [4.78, 5) is 12.5. The van der Waals surface area contributed by atoms with Gasteiger partial charge in [-0.25, -0.2) is 13.2 Å². The quantitative estimate of drug-likeness (QED) is 0.505. The molecule has 0 saturated heterocycles. The van der Waals surface area contributed by atoms with Crippen molar-refractivity contribution in [2.45, 2.75) is 45.2 Å². The molecule has 2 heterocycles. The number of nitrogens with zero attached hydrogens (tertiary/aromatic N) is 4. The van der Waals surface area contributed by atoms with Gasteiger partial charge in [-0.2, -0.15) is 10.2 Å². The van der Waals surface area contributed by atoms with Crippen molar-refractivity contribution in [1.82, 2.24) is 19.6 Å². The van der Waals surface area contributed by atoms with Gasteiger partial charge in [0.25, 0.3) is 6.43 Å². The van der Waals surface area contributed by atoms with Gasteiger partial charge >= 0.3 is 0 Å². The van der Waals surface area contributed by atoms with Crippen LogP contribution in [0.4, 0.5) is 19.0 Å². The molecule has 0 radical (unpaired) electrons. The number of nitrogens with one attached hydrogen (secondary N) is 1. The highest BCUT2D eigenvalue weighted by molar-refractivity contribution is 6.32. The average Bonchev–Trinajstić information content (AvgIpc) is 3.38. The van der Waals surface area contributed by atoms with Crippen molar-refractivity contribution >= 4 is 34.9 Å². The molecule has 0 spiro atoms. The minimum Gasteiger partial charge on any atom is -0.308 e. The topological polar surface area (TPSA) is 64.7 Å². The number of halogens is 5. The summed E-state index contributed by atoms with van der Waals surface area (Å²) in [6.07, 6.45) is -1.16. The van der Waals surface area contributed by atoms with Crippen LogP contribution in [0.1, 0.15) is 47.8 Å². The Morgan fingerprint density at radius 2 is 1.97 bits per heavy atom. The van der Waals surface area contributed by atoms with Crippen molar-refractivity contribution in [3.05, 3.63) is 62.8 Å². The minimum absolute atomic E-state index is 0.0437. The number of carbonyl (C=O) groups is 1. The lowest BCUT2D eigenvalue weighted by molar-refractivity contribution is -0.117. The van der Waals surface area contributed by atoms with E-state index >= 15 is 0 Å². The van der Waals surface area contributed by atoms with Crippen LogP contribution in [0.2, 0.25) is 10.0 Å². The number of aromatic nitrogens is 4. The Kier molecular flexibility index (Phi) is 5.98. The van der Waals surface area contributed by atoms with Gasteiger partial charge in [0.05, 0.1) is 17.3 Å². The molecule has 1 saturated carbocycles. The van der Waals surface area contributed by atoms with Gasteiger partial charge in [-0.15, -0.1) is 0 Å². The third-order valence-electron chi connectivity index (χ3n) is 5.00. The first-order valence-electron chi connectivity index (χ1n) is 9.55. The van der Waals surface area contributed by atoms with Crippen LogP contribution in [0.3, 0.4) is 0 Å². The summed E-state index contributed by atoms with van der Waals surface area (Å²) in [7, 11) is 0. The lowest BCUT2D eigenvalue weighted by Gasteiger charge is -2.08. The predicted octanol–water partition coefficient (Wildman–Crippen LogP) is 5.34. The van der Waals surface area contributed by atoms with Crippen LogP contribution in [0.5, 0.6) is 0 Å². The Labute approximate surface area is 185 Å². The number of hydrogen-bond donors (Lipinski definition) is 1. The van der Waals surface area contributed by atoms with Gasteiger partial charge in [-0.3, -0.25) is 14.2 Å². The summed E-state index contributed by atoms with van der Waals surface area (Å²) in [5, 5.41) is 11.0. The van der Waals surface area contributed by atoms with Crippen molar-refractivity contribution in [2.75, 3.05) is 5.32 Å². The van der Waals surface area contributed by atoms with E-state index in [1.54, 1.807) is 23.7 Å². The van der Waals surface area contributed by atoms with Crippen molar-refractivity contribution in [2.24, 2.45) is 0 Å². The molecule has 1 aliphatic carbocycles. The van der Waals surface area contributed by atoms with E-state index in [4.69, 9.17) is 23.2 Å². The van der Waals surface area contributed by atoms with Gasteiger partial charge in [-0.1, -0.05) is 29.3 Å². The molecular weight excluding hydrogens is 454 g/mol. The molecule has 3 aromatic rings. The molecule has 31 heavy (non-hydrogen) atoms. The smallest absolute Gasteiger partial charge is 0.283 e. The number of alkyl halides is 2. The molecule has 1 fully saturated rings. The Balaban J connectivity index is 1.47. The molecular formula is C20H18Cl2F3N5O. The Hall–Kier alpha value is -2.52. The molecule has 1 aromatic carbocycles.